The SMILES string of the molecule is CC(C)CNc1nc(N)c([N+](=O)[O-])c(NCc2ccco2)n1. The molecular formula is C13H18N6O3. The lowest BCUT2D eigenvalue weighted by Gasteiger charge is -2.11. The van der Waals surface area contributed by atoms with Crippen LogP contribution in [-0.4, -0.2) is 21.4 Å². The maximum atomic E-state index is 11.1. The molecule has 0 bridgehead atoms. The lowest BCUT2D eigenvalue weighted by Crippen LogP contribution is -2.14. The molecule has 4 N–H and O–H groups in total. The van der Waals surface area contributed by atoms with E-state index in [4.69, 9.17) is 10.2 Å². The summed E-state index contributed by atoms with van der Waals surface area (Å²) >= 11 is 0. The first-order valence-electron chi connectivity index (χ1n) is 6.79. The molecule has 2 heterocycles. The van der Waals surface area contributed by atoms with Crippen LogP contribution in [0.4, 0.5) is 23.3 Å². The molecule has 22 heavy (non-hydrogen) atoms. The maximum Gasteiger partial charge on any atom is 0.353 e. The normalized spacial score (nSPS) is 10.7. The van der Waals surface area contributed by atoms with E-state index in [-0.39, 0.29) is 29.8 Å². The molecule has 0 amide bonds. The number of nitro groups is 1. The number of aromatic nitrogens is 2. The highest BCUT2D eigenvalue weighted by Gasteiger charge is 2.23. The van der Waals surface area contributed by atoms with Crippen molar-refractivity contribution in [2.75, 3.05) is 22.9 Å². The van der Waals surface area contributed by atoms with Crippen LogP contribution >= 0.6 is 0 Å². The summed E-state index contributed by atoms with van der Waals surface area (Å²) in [5, 5.41) is 17.0. The highest BCUT2D eigenvalue weighted by atomic mass is 16.6. The van der Waals surface area contributed by atoms with Crippen LogP contribution in [0.2, 0.25) is 0 Å². The fourth-order valence-corrected chi connectivity index (χ4v) is 1.73. The molecule has 0 fully saturated rings. The minimum Gasteiger partial charge on any atom is -0.467 e. The van der Waals surface area contributed by atoms with Gasteiger partial charge in [-0.25, -0.2) is 0 Å². The van der Waals surface area contributed by atoms with Crippen molar-refractivity contribution < 1.29 is 9.34 Å². The topological polar surface area (TPSA) is 132 Å². The first-order chi connectivity index (χ1) is 10.5. The second-order valence-electron chi connectivity index (χ2n) is 5.09. The van der Waals surface area contributed by atoms with Crippen molar-refractivity contribution in [3.05, 3.63) is 34.3 Å². The molecule has 0 spiro atoms. The van der Waals surface area contributed by atoms with Crippen molar-refractivity contribution in [1.29, 1.82) is 0 Å². The molecule has 2 rings (SSSR count). The molecule has 0 atom stereocenters. The molecule has 0 radical (unpaired) electrons. The smallest absolute Gasteiger partial charge is 0.353 e. The first kappa shape index (κ1) is 15.5. The molecule has 0 unspecified atom stereocenters. The Bertz CT molecular complexity index is 641. The van der Waals surface area contributed by atoms with Gasteiger partial charge in [0.1, 0.15) is 5.76 Å². The van der Waals surface area contributed by atoms with Crippen LogP contribution < -0.4 is 16.4 Å². The summed E-state index contributed by atoms with van der Waals surface area (Å²) < 4.78 is 5.17. The van der Waals surface area contributed by atoms with Gasteiger partial charge in [-0.15, -0.1) is 0 Å². The van der Waals surface area contributed by atoms with Crippen LogP contribution in [0.5, 0.6) is 0 Å². The van der Waals surface area contributed by atoms with E-state index in [0.717, 1.165) is 0 Å². The lowest BCUT2D eigenvalue weighted by molar-refractivity contribution is -0.383. The van der Waals surface area contributed by atoms with E-state index in [1.165, 1.54) is 6.26 Å². The second-order valence-corrected chi connectivity index (χ2v) is 5.09. The Morgan fingerprint density at radius 1 is 1.41 bits per heavy atom. The zero-order valence-corrected chi connectivity index (χ0v) is 12.4. The van der Waals surface area contributed by atoms with Crippen LogP contribution in [0.1, 0.15) is 19.6 Å². The van der Waals surface area contributed by atoms with Gasteiger partial charge in [-0.05, 0) is 18.1 Å². The fraction of sp³-hybridized carbons (Fsp3) is 0.385. The summed E-state index contributed by atoms with van der Waals surface area (Å²) in [4.78, 5) is 18.6. The van der Waals surface area contributed by atoms with E-state index in [2.05, 4.69) is 20.6 Å². The summed E-state index contributed by atoms with van der Waals surface area (Å²) in [6, 6.07) is 3.48. The highest BCUT2D eigenvalue weighted by Crippen LogP contribution is 2.29. The van der Waals surface area contributed by atoms with Crippen molar-refractivity contribution in [2.45, 2.75) is 20.4 Å². The van der Waals surface area contributed by atoms with E-state index in [1.807, 2.05) is 13.8 Å². The van der Waals surface area contributed by atoms with E-state index in [0.29, 0.717) is 18.2 Å². The van der Waals surface area contributed by atoms with Gasteiger partial charge in [0.15, 0.2) is 0 Å². The third-order valence-electron chi connectivity index (χ3n) is 2.77. The molecule has 0 aromatic carbocycles. The molecule has 0 aliphatic rings. The Balaban J connectivity index is 2.24. The van der Waals surface area contributed by atoms with Gasteiger partial charge >= 0.3 is 5.69 Å². The predicted molar refractivity (Wildman–Crippen MR) is 82.5 cm³/mol. The van der Waals surface area contributed by atoms with Gasteiger partial charge < -0.3 is 20.8 Å². The zero-order chi connectivity index (χ0) is 16.1. The zero-order valence-electron chi connectivity index (χ0n) is 12.4. The molecule has 0 aliphatic heterocycles. The third-order valence-corrected chi connectivity index (χ3v) is 2.77. The summed E-state index contributed by atoms with van der Waals surface area (Å²) in [7, 11) is 0. The van der Waals surface area contributed by atoms with Gasteiger partial charge in [0.05, 0.1) is 17.7 Å². The van der Waals surface area contributed by atoms with Gasteiger partial charge in [-0.3, -0.25) is 10.1 Å². The highest BCUT2D eigenvalue weighted by molar-refractivity contribution is 5.69. The largest absolute Gasteiger partial charge is 0.467 e. The minimum atomic E-state index is -0.605. The van der Waals surface area contributed by atoms with E-state index in [1.54, 1.807) is 12.1 Å². The molecule has 9 heteroatoms. The quantitative estimate of drug-likeness (QED) is 0.524. The standard InChI is InChI=1S/C13H18N6O3/c1-8(2)6-16-13-17-11(14)10(19(20)21)12(18-13)15-7-9-4-3-5-22-9/h3-5,8H,6-7H2,1-2H3,(H4,14,15,16,17,18). The molecule has 0 saturated carbocycles. The molecule has 9 nitrogen and oxygen atoms in total. The molecule has 118 valence electrons. The Kier molecular flexibility index (Phi) is 4.77. The molecule has 2 aromatic heterocycles. The number of nitrogen functional groups attached to an aromatic ring is 1. The Morgan fingerprint density at radius 2 is 2.18 bits per heavy atom. The van der Waals surface area contributed by atoms with Gasteiger partial charge in [0.25, 0.3) is 0 Å². The van der Waals surface area contributed by atoms with Crippen LogP contribution in [0.15, 0.2) is 22.8 Å². The monoisotopic (exact) mass is 306 g/mol. The summed E-state index contributed by atoms with van der Waals surface area (Å²) in [5.74, 6) is 1.12. The number of hydrogen-bond donors (Lipinski definition) is 3. The van der Waals surface area contributed by atoms with Gasteiger partial charge in [0, 0.05) is 6.54 Å². The summed E-state index contributed by atoms with van der Waals surface area (Å²) in [5.41, 5.74) is 5.34. The van der Waals surface area contributed by atoms with Gasteiger partial charge in [0.2, 0.25) is 17.6 Å². The van der Waals surface area contributed by atoms with Crippen LogP contribution in [0.25, 0.3) is 0 Å². The summed E-state index contributed by atoms with van der Waals surface area (Å²) in [6.07, 6.45) is 1.52. The minimum absolute atomic E-state index is 0.0557. The molecular weight excluding hydrogens is 288 g/mol. The van der Waals surface area contributed by atoms with Crippen molar-refractivity contribution in [1.82, 2.24) is 9.97 Å². The first-order valence-corrected chi connectivity index (χ1v) is 6.79. The molecule has 0 aliphatic carbocycles. The third kappa shape index (κ3) is 3.84. The molecule has 0 saturated heterocycles. The van der Waals surface area contributed by atoms with Crippen LogP contribution in [0, 0.1) is 16.0 Å². The van der Waals surface area contributed by atoms with Gasteiger partial charge in [-0.1, -0.05) is 13.8 Å². The van der Waals surface area contributed by atoms with E-state index in [9.17, 15) is 10.1 Å². The maximum absolute atomic E-state index is 11.1. The number of nitrogens with one attached hydrogen (secondary N) is 2. The number of nitrogens with two attached hydrogens (primary N) is 1. The number of hydrogen-bond acceptors (Lipinski definition) is 8. The van der Waals surface area contributed by atoms with Crippen molar-refractivity contribution in [3.8, 4) is 0 Å². The average molecular weight is 306 g/mol. The van der Waals surface area contributed by atoms with Crippen molar-refractivity contribution in [3.63, 3.8) is 0 Å². The van der Waals surface area contributed by atoms with Crippen LogP contribution in [0.3, 0.4) is 0 Å². The average Bonchev–Trinajstić information content (AvgIpc) is 2.95. The number of nitrogens with zero attached hydrogens (tertiary/aromatic N) is 3. The fourth-order valence-electron chi connectivity index (χ4n) is 1.73. The van der Waals surface area contributed by atoms with Gasteiger partial charge in [-0.2, -0.15) is 9.97 Å². The lowest BCUT2D eigenvalue weighted by atomic mass is 10.2. The van der Waals surface area contributed by atoms with Crippen molar-refractivity contribution >= 4 is 23.3 Å². The Hall–Kier alpha value is -2.84. The Labute approximate surface area is 127 Å². The van der Waals surface area contributed by atoms with E-state index >= 15 is 0 Å². The van der Waals surface area contributed by atoms with Crippen LogP contribution in [-0.2, 0) is 6.54 Å². The number of rotatable bonds is 7. The number of anilines is 3. The Morgan fingerprint density at radius 3 is 2.77 bits per heavy atom. The molecule has 2 aromatic rings. The summed E-state index contributed by atoms with van der Waals surface area (Å²) in [6.45, 7) is 4.94. The number of furan rings is 1. The predicted octanol–water partition coefficient (Wildman–Crippen LogP) is 2.24. The van der Waals surface area contributed by atoms with Crippen molar-refractivity contribution in [2.24, 2.45) is 5.92 Å². The second kappa shape index (κ2) is 6.74. The van der Waals surface area contributed by atoms with E-state index < -0.39 is 4.92 Å².